The Balaban J connectivity index is 2.10. The van der Waals surface area contributed by atoms with Crippen molar-refractivity contribution in [3.8, 4) is 0 Å². The van der Waals surface area contributed by atoms with Crippen molar-refractivity contribution >= 4 is 39.0 Å². The maximum atomic E-state index is 8.61. The second-order valence-corrected chi connectivity index (χ2v) is 5.34. The van der Waals surface area contributed by atoms with Gasteiger partial charge in [0.1, 0.15) is 10.6 Å². The summed E-state index contributed by atoms with van der Waals surface area (Å²) in [5.74, 6) is 0.735. The number of aliphatic hydroxyl groups excluding tert-OH is 1. The van der Waals surface area contributed by atoms with Gasteiger partial charge in [-0.1, -0.05) is 6.92 Å². The van der Waals surface area contributed by atoms with Gasteiger partial charge in [0.2, 0.25) is 5.28 Å². The molecule has 2 aromatic rings. The molecule has 2 heterocycles. The van der Waals surface area contributed by atoms with Crippen molar-refractivity contribution < 1.29 is 9.84 Å². The molecule has 0 aliphatic heterocycles. The van der Waals surface area contributed by atoms with Gasteiger partial charge in [0.05, 0.1) is 25.2 Å². The lowest BCUT2D eigenvalue weighted by Gasteiger charge is -2.07. The molecule has 0 aliphatic rings. The minimum absolute atomic E-state index is 0.0357. The standard InChI is InChI=1S/C12H16ClN3O2S/c1-2-8-7-9-10(14-3-5-18-6-4-17)15-12(13)16-11(9)19-8/h7,17H,2-6H2,1H3,(H,14,15,16). The van der Waals surface area contributed by atoms with Gasteiger partial charge in [0.25, 0.3) is 0 Å². The van der Waals surface area contributed by atoms with Gasteiger partial charge in [-0.3, -0.25) is 0 Å². The summed E-state index contributed by atoms with van der Waals surface area (Å²) < 4.78 is 5.19. The number of hydrogen-bond acceptors (Lipinski definition) is 6. The van der Waals surface area contributed by atoms with Crippen molar-refractivity contribution in [1.29, 1.82) is 0 Å². The van der Waals surface area contributed by atoms with Crippen LogP contribution in [-0.2, 0) is 11.2 Å². The molecule has 0 radical (unpaired) electrons. The normalized spacial score (nSPS) is 11.1. The zero-order chi connectivity index (χ0) is 13.7. The number of aliphatic hydroxyl groups is 1. The molecule has 0 saturated heterocycles. The van der Waals surface area contributed by atoms with Crippen molar-refractivity contribution in [2.45, 2.75) is 13.3 Å². The Morgan fingerprint density at radius 3 is 3.00 bits per heavy atom. The highest BCUT2D eigenvalue weighted by Crippen LogP contribution is 2.30. The molecule has 2 N–H and O–H groups in total. The van der Waals surface area contributed by atoms with E-state index in [1.54, 1.807) is 11.3 Å². The fourth-order valence-corrected chi connectivity index (χ4v) is 2.85. The summed E-state index contributed by atoms with van der Waals surface area (Å²) in [6.45, 7) is 3.61. The molecule has 0 aliphatic carbocycles. The Kier molecular flexibility index (Phi) is 5.33. The lowest BCUT2D eigenvalue weighted by molar-refractivity contribution is 0.0992. The van der Waals surface area contributed by atoms with Crippen LogP contribution in [0.25, 0.3) is 10.2 Å². The first-order valence-corrected chi connectivity index (χ1v) is 7.32. The highest BCUT2D eigenvalue weighted by Gasteiger charge is 2.10. The minimum atomic E-state index is 0.0357. The number of halogens is 1. The molecule has 0 spiro atoms. The average molecular weight is 302 g/mol. The molecular formula is C12H16ClN3O2S. The van der Waals surface area contributed by atoms with E-state index in [1.165, 1.54) is 4.88 Å². The third-order valence-electron chi connectivity index (χ3n) is 2.54. The van der Waals surface area contributed by atoms with E-state index in [9.17, 15) is 0 Å². The monoisotopic (exact) mass is 301 g/mol. The smallest absolute Gasteiger partial charge is 0.225 e. The quantitative estimate of drug-likeness (QED) is 0.607. The van der Waals surface area contributed by atoms with E-state index in [1.807, 2.05) is 0 Å². The lowest BCUT2D eigenvalue weighted by atomic mass is 10.3. The zero-order valence-corrected chi connectivity index (χ0v) is 12.2. The van der Waals surface area contributed by atoms with Crippen LogP contribution in [0.2, 0.25) is 5.28 Å². The number of aryl methyl sites for hydroxylation is 1. The Hall–Kier alpha value is -0.950. The van der Waals surface area contributed by atoms with Crippen molar-refractivity contribution in [3.05, 3.63) is 16.2 Å². The molecule has 0 amide bonds. The second-order valence-electron chi connectivity index (χ2n) is 3.89. The van der Waals surface area contributed by atoms with Crippen LogP contribution in [0.5, 0.6) is 0 Å². The minimum Gasteiger partial charge on any atom is -0.394 e. The molecule has 7 heteroatoms. The van der Waals surface area contributed by atoms with Crippen LogP contribution in [0.4, 0.5) is 5.82 Å². The maximum Gasteiger partial charge on any atom is 0.225 e. The average Bonchev–Trinajstić information content (AvgIpc) is 2.81. The number of nitrogens with zero attached hydrogens (tertiary/aromatic N) is 2. The van der Waals surface area contributed by atoms with Crippen LogP contribution in [-0.4, -0.2) is 41.4 Å². The molecule has 0 unspecified atom stereocenters. The Labute approximate surface area is 120 Å². The second kappa shape index (κ2) is 7.00. The number of ether oxygens (including phenoxy) is 1. The molecule has 104 valence electrons. The first-order chi connectivity index (χ1) is 9.24. The predicted molar refractivity (Wildman–Crippen MR) is 78.2 cm³/mol. The largest absolute Gasteiger partial charge is 0.394 e. The Morgan fingerprint density at radius 2 is 2.26 bits per heavy atom. The number of hydrogen-bond donors (Lipinski definition) is 2. The summed E-state index contributed by atoms with van der Waals surface area (Å²) in [6, 6.07) is 2.09. The van der Waals surface area contributed by atoms with Crippen LogP contribution in [0, 0.1) is 0 Å². The number of fused-ring (bicyclic) bond motifs is 1. The molecule has 0 aromatic carbocycles. The van der Waals surface area contributed by atoms with Gasteiger partial charge in [-0.05, 0) is 24.1 Å². The van der Waals surface area contributed by atoms with Gasteiger partial charge in [-0.15, -0.1) is 11.3 Å². The van der Waals surface area contributed by atoms with Gasteiger partial charge in [-0.2, -0.15) is 0 Å². The summed E-state index contributed by atoms with van der Waals surface area (Å²) in [7, 11) is 0. The van der Waals surface area contributed by atoms with E-state index < -0.39 is 0 Å². The van der Waals surface area contributed by atoms with Gasteiger partial charge in [-0.25, -0.2) is 9.97 Å². The fourth-order valence-electron chi connectivity index (χ4n) is 1.66. The van der Waals surface area contributed by atoms with Crippen LogP contribution in [0.1, 0.15) is 11.8 Å². The van der Waals surface area contributed by atoms with Crippen molar-refractivity contribution in [2.24, 2.45) is 0 Å². The first kappa shape index (κ1) is 14.5. The number of anilines is 1. The predicted octanol–water partition coefficient (Wildman–Crippen LogP) is 2.33. The highest BCUT2D eigenvalue weighted by atomic mass is 35.5. The summed E-state index contributed by atoms with van der Waals surface area (Å²) in [4.78, 5) is 10.6. The van der Waals surface area contributed by atoms with Crippen molar-refractivity contribution in [1.82, 2.24) is 9.97 Å². The third-order valence-corrected chi connectivity index (χ3v) is 3.88. The van der Waals surface area contributed by atoms with E-state index in [0.717, 1.165) is 22.5 Å². The number of rotatable bonds is 7. The van der Waals surface area contributed by atoms with Crippen LogP contribution >= 0.6 is 22.9 Å². The molecule has 19 heavy (non-hydrogen) atoms. The van der Waals surface area contributed by atoms with E-state index in [-0.39, 0.29) is 11.9 Å². The summed E-state index contributed by atoms with van der Waals surface area (Å²) in [5.41, 5.74) is 0. The summed E-state index contributed by atoms with van der Waals surface area (Å²) >= 11 is 7.55. The van der Waals surface area contributed by atoms with Gasteiger partial charge >= 0.3 is 0 Å². The zero-order valence-electron chi connectivity index (χ0n) is 10.6. The topological polar surface area (TPSA) is 67.3 Å². The van der Waals surface area contributed by atoms with Gasteiger partial charge < -0.3 is 15.2 Å². The lowest BCUT2D eigenvalue weighted by Crippen LogP contribution is -2.12. The van der Waals surface area contributed by atoms with Crippen LogP contribution in [0.15, 0.2) is 6.07 Å². The SMILES string of the molecule is CCc1cc2c(NCCOCCO)nc(Cl)nc2s1. The molecule has 2 rings (SSSR count). The van der Waals surface area contributed by atoms with E-state index in [4.69, 9.17) is 21.4 Å². The molecule has 0 saturated carbocycles. The molecule has 2 aromatic heterocycles. The van der Waals surface area contributed by atoms with Crippen molar-refractivity contribution in [3.63, 3.8) is 0 Å². The first-order valence-electron chi connectivity index (χ1n) is 6.13. The van der Waals surface area contributed by atoms with Gasteiger partial charge in [0, 0.05) is 11.4 Å². The third kappa shape index (κ3) is 3.76. The van der Waals surface area contributed by atoms with Gasteiger partial charge in [0.15, 0.2) is 0 Å². The number of aromatic nitrogens is 2. The van der Waals surface area contributed by atoms with Crippen molar-refractivity contribution in [2.75, 3.05) is 31.7 Å². The molecule has 0 fully saturated rings. The Bertz CT molecular complexity index is 547. The molecular weight excluding hydrogens is 286 g/mol. The summed E-state index contributed by atoms with van der Waals surface area (Å²) in [6.07, 6.45) is 0.970. The van der Waals surface area contributed by atoms with E-state index in [0.29, 0.717) is 19.8 Å². The number of thiophene rings is 1. The Morgan fingerprint density at radius 1 is 1.42 bits per heavy atom. The van der Waals surface area contributed by atoms with Crippen LogP contribution in [0.3, 0.4) is 0 Å². The van der Waals surface area contributed by atoms with E-state index >= 15 is 0 Å². The highest BCUT2D eigenvalue weighted by molar-refractivity contribution is 7.18. The molecule has 0 atom stereocenters. The maximum absolute atomic E-state index is 8.61. The summed E-state index contributed by atoms with van der Waals surface area (Å²) in [5, 5.41) is 13.0. The fraction of sp³-hybridized carbons (Fsp3) is 0.500. The van der Waals surface area contributed by atoms with Crippen LogP contribution < -0.4 is 5.32 Å². The van der Waals surface area contributed by atoms with E-state index in [2.05, 4.69) is 28.3 Å². The number of nitrogens with one attached hydrogen (secondary N) is 1. The molecule has 5 nitrogen and oxygen atoms in total. The molecule has 0 bridgehead atoms.